The fraction of sp³-hybridized carbons (Fsp3) is 0.375. The Labute approximate surface area is 110 Å². The standard InChI is InChI=1S/C16H22N2/c1-6-15-12(2)16(18(5)13(15)3)10-9-14-8-7-11-17(14)4/h7-11H,6H2,1-5H3/b10-9+. The highest BCUT2D eigenvalue weighted by Crippen LogP contribution is 2.23. The lowest BCUT2D eigenvalue weighted by Crippen LogP contribution is -1.94. The Hall–Kier alpha value is -1.70. The maximum Gasteiger partial charge on any atom is 0.0439 e. The van der Waals surface area contributed by atoms with Gasteiger partial charge in [0, 0.05) is 37.4 Å². The number of aromatic nitrogens is 2. The van der Waals surface area contributed by atoms with Crippen LogP contribution in [0.25, 0.3) is 12.2 Å². The highest BCUT2D eigenvalue weighted by molar-refractivity contribution is 5.69. The summed E-state index contributed by atoms with van der Waals surface area (Å²) in [6.45, 7) is 6.64. The third-order valence-electron chi connectivity index (χ3n) is 3.89. The summed E-state index contributed by atoms with van der Waals surface area (Å²) in [5.41, 5.74) is 6.80. The van der Waals surface area contributed by atoms with Crippen LogP contribution in [0, 0.1) is 13.8 Å². The first-order valence-electron chi connectivity index (χ1n) is 6.50. The van der Waals surface area contributed by atoms with Gasteiger partial charge in [0.25, 0.3) is 0 Å². The van der Waals surface area contributed by atoms with Crippen LogP contribution in [-0.4, -0.2) is 9.13 Å². The predicted octanol–water partition coefficient (Wildman–Crippen LogP) is 3.71. The van der Waals surface area contributed by atoms with Crippen molar-refractivity contribution >= 4 is 12.2 Å². The largest absolute Gasteiger partial charge is 0.351 e. The van der Waals surface area contributed by atoms with Crippen LogP contribution in [0.5, 0.6) is 0 Å². The Balaban J connectivity index is 2.41. The smallest absolute Gasteiger partial charge is 0.0439 e. The van der Waals surface area contributed by atoms with Crippen LogP contribution < -0.4 is 0 Å². The average molecular weight is 242 g/mol. The minimum absolute atomic E-state index is 1.10. The van der Waals surface area contributed by atoms with Crippen molar-refractivity contribution in [2.45, 2.75) is 27.2 Å². The molecule has 0 saturated carbocycles. The lowest BCUT2D eigenvalue weighted by molar-refractivity contribution is 0.859. The molecule has 0 bridgehead atoms. The van der Waals surface area contributed by atoms with Gasteiger partial charge in [0.2, 0.25) is 0 Å². The van der Waals surface area contributed by atoms with Crippen molar-refractivity contribution in [2.24, 2.45) is 14.1 Å². The van der Waals surface area contributed by atoms with Gasteiger partial charge >= 0.3 is 0 Å². The lowest BCUT2D eigenvalue weighted by Gasteiger charge is -2.01. The van der Waals surface area contributed by atoms with Gasteiger partial charge in [-0.15, -0.1) is 0 Å². The highest BCUT2D eigenvalue weighted by atomic mass is 15.0. The molecule has 0 unspecified atom stereocenters. The molecule has 96 valence electrons. The molecule has 0 radical (unpaired) electrons. The van der Waals surface area contributed by atoms with Crippen molar-refractivity contribution in [3.63, 3.8) is 0 Å². The van der Waals surface area contributed by atoms with E-state index in [0.717, 1.165) is 6.42 Å². The van der Waals surface area contributed by atoms with E-state index in [4.69, 9.17) is 0 Å². The van der Waals surface area contributed by atoms with Gasteiger partial charge in [0.1, 0.15) is 0 Å². The predicted molar refractivity (Wildman–Crippen MR) is 78.6 cm³/mol. The quantitative estimate of drug-likeness (QED) is 0.776. The van der Waals surface area contributed by atoms with Gasteiger partial charge in [-0.1, -0.05) is 6.92 Å². The second-order valence-corrected chi connectivity index (χ2v) is 4.86. The molecule has 0 aromatic carbocycles. The van der Waals surface area contributed by atoms with Gasteiger partial charge in [-0.3, -0.25) is 0 Å². The molecule has 0 amide bonds. The average Bonchev–Trinajstić information content (AvgIpc) is 2.83. The van der Waals surface area contributed by atoms with Crippen LogP contribution in [0.4, 0.5) is 0 Å². The second kappa shape index (κ2) is 4.89. The fourth-order valence-electron chi connectivity index (χ4n) is 2.63. The first kappa shape index (κ1) is 12.7. The molecular weight excluding hydrogens is 220 g/mol. The van der Waals surface area contributed by atoms with Gasteiger partial charge in [-0.05, 0) is 55.7 Å². The van der Waals surface area contributed by atoms with E-state index in [1.165, 1.54) is 28.2 Å². The zero-order valence-electron chi connectivity index (χ0n) is 12.0. The Kier molecular flexibility index (Phi) is 3.46. The summed E-state index contributed by atoms with van der Waals surface area (Å²) in [4.78, 5) is 0. The normalized spacial score (nSPS) is 11.6. The van der Waals surface area contributed by atoms with Crippen LogP contribution in [0.15, 0.2) is 18.3 Å². The molecule has 2 heterocycles. The summed E-state index contributed by atoms with van der Waals surface area (Å²) in [5, 5.41) is 0. The van der Waals surface area contributed by atoms with Gasteiger partial charge in [0.15, 0.2) is 0 Å². The van der Waals surface area contributed by atoms with Gasteiger partial charge in [-0.2, -0.15) is 0 Å². The Morgan fingerprint density at radius 3 is 2.39 bits per heavy atom. The molecule has 18 heavy (non-hydrogen) atoms. The highest BCUT2D eigenvalue weighted by Gasteiger charge is 2.11. The summed E-state index contributed by atoms with van der Waals surface area (Å²) in [5.74, 6) is 0. The van der Waals surface area contributed by atoms with Crippen molar-refractivity contribution in [1.82, 2.24) is 9.13 Å². The maximum absolute atomic E-state index is 2.29. The molecule has 0 spiro atoms. The van der Waals surface area contributed by atoms with Gasteiger partial charge < -0.3 is 9.13 Å². The molecule has 2 aromatic heterocycles. The van der Waals surface area contributed by atoms with Crippen molar-refractivity contribution in [3.8, 4) is 0 Å². The van der Waals surface area contributed by atoms with E-state index in [1.54, 1.807) is 0 Å². The molecule has 2 heteroatoms. The van der Waals surface area contributed by atoms with Crippen LogP contribution in [0.2, 0.25) is 0 Å². The number of hydrogen-bond donors (Lipinski definition) is 0. The molecule has 0 atom stereocenters. The molecule has 0 saturated heterocycles. The summed E-state index contributed by atoms with van der Waals surface area (Å²) < 4.78 is 4.41. The van der Waals surface area contributed by atoms with Crippen molar-refractivity contribution < 1.29 is 0 Å². The first-order chi connectivity index (χ1) is 8.56. The SMILES string of the molecule is CCc1c(C)c(/C=C/c2cccn2C)n(C)c1C. The molecule has 0 fully saturated rings. The van der Waals surface area contributed by atoms with E-state index < -0.39 is 0 Å². The zero-order valence-corrected chi connectivity index (χ0v) is 12.0. The van der Waals surface area contributed by atoms with E-state index in [0.29, 0.717) is 0 Å². The van der Waals surface area contributed by atoms with Gasteiger partial charge in [-0.25, -0.2) is 0 Å². The number of hydrogen-bond acceptors (Lipinski definition) is 0. The molecule has 0 aliphatic rings. The van der Waals surface area contributed by atoms with Crippen LogP contribution >= 0.6 is 0 Å². The van der Waals surface area contributed by atoms with Crippen LogP contribution in [0.1, 0.15) is 35.1 Å². The fourth-order valence-corrected chi connectivity index (χ4v) is 2.63. The molecule has 0 N–H and O–H groups in total. The van der Waals surface area contributed by atoms with Crippen molar-refractivity contribution in [2.75, 3.05) is 0 Å². The van der Waals surface area contributed by atoms with Gasteiger partial charge in [0.05, 0.1) is 0 Å². The summed E-state index contributed by atoms with van der Waals surface area (Å²) in [6, 6.07) is 4.20. The van der Waals surface area contributed by atoms with Crippen LogP contribution in [-0.2, 0) is 20.5 Å². The maximum atomic E-state index is 2.29. The zero-order chi connectivity index (χ0) is 13.3. The summed E-state index contributed by atoms with van der Waals surface area (Å²) >= 11 is 0. The van der Waals surface area contributed by atoms with E-state index in [9.17, 15) is 0 Å². The van der Waals surface area contributed by atoms with Crippen molar-refractivity contribution in [3.05, 3.63) is 46.5 Å². The Morgan fingerprint density at radius 1 is 1.17 bits per heavy atom. The third kappa shape index (κ3) is 2.03. The van der Waals surface area contributed by atoms with E-state index in [2.05, 4.69) is 74.5 Å². The summed E-state index contributed by atoms with van der Waals surface area (Å²) in [7, 11) is 4.21. The molecule has 2 nitrogen and oxygen atoms in total. The monoisotopic (exact) mass is 242 g/mol. The number of rotatable bonds is 3. The first-order valence-corrected chi connectivity index (χ1v) is 6.50. The summed E-state index contributed by atoms with van der Waals surface area (Å²) in [6.07, 6.45) is 7.57. The van der Waals surface area contributed by atoms with E-state index >= 15 is 0 Å². The van der Waals surface area contributed by atoms with Crippen molar-refractivity contribution in [1.29, 1.82) is 0 Å². The Bertz CT molecular complexity index is 583. The minimum atomic E-state index is 1.10. The molecule has 2 rings (SSSR count). The lowest BCUT2D eigenvalue weighted by atomic mass is 10.1. The van der Waals surface area contributed by atoms with E-state index in [-0.39, 0.29) is 0 Å². The van der Waals surface area contributed by atoms with Crippen LogP contribution in [0.3, 0.4) is 0 Å². The molecular formula is C16H22N2. The van der Waals surface area contributed by atoms with E-state index in [1.807, 2.05) is 0 Å². The molecule has 0 aliphatic carbocycles. The topological polar surface area (TPSA) is 9.86 Å². The Morgan fingerprint density at radius 2 is 1.89 bits per heavy atom. The second-order valence-electron chi connectivity index (χ2n) is 4.86. The molecule has 2 aromatic rings. The minimum Gasteiger partial charge on any atom is -0.351 e. The third-order valence-corrected chi connectivity index (χ3v) is 3.89. The number of nitrogens with zero attached hydrogens (tertiary/aromatic N) is 2. The molecule has 0 aliphatic heterocycles. The number of aryl methyl sites for hydroxylation is 1.